The molecule has 0 bridgehead atoms. The van der Waals surface area contributed by atoms with Crippen molar-refractivity contribution in [3.05, 3.63) is 76.1 Å². The molecule has 0 radical (unpaired) electrons. The van der Waals surface area contributed by atoms with E-state index in [1.165, 1.54) is 16.8 Å². The Morgan fingerprint density at radius 2 is 1.90 bits per heavy atom. The molecule has 0 aliphatic heterocycles. The molecular formula is C20H20N4O6. The van der Waals surface area contributed by atoms with Gasteiger partial charge in [0.2, 0.25) is 11.7 Å². The minimum Gasteiger partial charge on any atom is -0.465 e. The molecule has 3 rings (SSSR count). The van der Waals surface area contributed by atoms with Crippen LogP contribution in [0.5, 0.6) is 0 Å². The van der Waals surface area contributed by atoms with Gasteiger partial charge in [-0.15, -0.1) is 0 Å². The van der Waals surface area contributed by atoms with E-state index in [1.54, 1.807) is 44.3 Å². The van der Waals surface area contributed by atoms with Gasteiger partial charge < -0.3 is 18.5 Å². The van der Waals surface area contributed by atoms with Crippen LogP contribution in [0.15, 0.2) is 51.9 Å². The number of aromatic nitrogens is 4. The fraction of sp³-hybridized carbons (Fsp3) is 0.300. The molecule has 0 saturated heterocycles. The van der Waals surface area contributed by atoms with Crippen molar-refractivity contribution in [3.63, 3.8) is 0 Å². The van der Waals surface area contributed by atoms with E-state index in [4.69, 9.17) is 13.9 Å². The molecule has 0 spiro atoms. The third-order valence-corrected chi connectivity index (χ3v) is 4.04. The number of ether oxygens (including phenoxy) is 2. The highest BCUT2D eigenvalue weighted by Crippen LogP contribution is 2.24. The summed E-state index contributed by atoms with van der Waals surface area (Å²) in [5, 5.41) is 8.19. The van der Waals surface area contributed by atoms with Gasteiger partial charge in [0, 0.05) is 12.3 Å². The maximum Gasteiger partial charge on any atom is 0.375 e. The molecule has 3 aromatic rings. The molecule has 0 aliphatic rings. The molecule has 1 unspecified atom stereocenters. The first-order valence-corrected chi connectivity index (χ1v) is 9.31. The predicted molar refractivity (Wildman–Crippen MR) is 103 cm³/mol. The van der Waals surface area contributed by atoms with Crippen LogP contribution in [0, 0.1) is 0 Å². The second-order valence-electron chi connectivity index (χ2n) is 6.08. The van der Waals surface area contributed by atoms with Crippen molar-refractivity contribution in [1.29, 1.82) is 0 Å². The molecule has 3 heterocycles. The SMILES string of the molecule is CCOC(=O)c1cnc(C(C(=O)OCC)c2ccc(Cn3ccccc3=O)nn2)o1. The van der Waals surface area contributed by atoms with E-state index in [1.807, 2.05) is 0 Å². The molecule has 0 saturated carbocycles. The summed E-state index contributed by atoms with van der Waals surface area (Å²) in [7, 11) is 0. The number of carbonyl (C=O) groups is 2. The van der Waals surface area contributed by atoms with Gasteiger partial charge in [-0.2, -0.15) is 10.2 Å². The van der Waals surface area contributed by atoms with Crippen molar-refractivity contribution in [2.24, 2.45) is 0 Å². The normalized spacial score (nSPS) is 11.7. The number of rotatable bonds is 8. The van der Waals surface area contributed by atoms with E-state index >= 15 is 0 Å². The molecule has 10 nitrogen and oxygen atoms in total. The van der Waals surface area contributed by atoms with E-state index in [0.717, 1.165) is 0 Å². The highest BCUT2D eigenvalue weighted by atomic mass is 16.5. The van der Waals surface area contributed by atoms with Crippen molar-refractivity contribution >= 4 is 11.9 Å². The van der Waals surface area contributed by atoms with E-state index in [0.29, 0.717) is 5.69 Å². The lowest BCUT2D eigenvalue weighted by atomic mass is 10.1. The summed E-state index contributed by atoms with van der Waals surface area (Å²) in [6.45, 7) is 3.87. The van der Waals surface area contributed by atoms with Gasteiger partial charge in [-0.05, 0) is 32.0 Å². The number of oxazole rings is 1. The van der Waals surface area contributed by atoms with Crippen LogP contribution in [0.4, 0.5) is 0 Å². The quantitative estimate of drug-likeness (QED) is 0.506. The van der Waals surface area contributed by atoms with E-state index in [9.17, 15) is 14.4 Å². The molecule has 0 fully saturated rings. The summed E-state index contributed by atoms with van der Waals surface area (Å²) in [6.07, 6.45) is 2.83. The third kappa shape index (κ3) is 4.77. The minimum atomic E-state index is -1.10. The summed E-state index contributed by atoms with van der Waals surface area (Å²) >= 11 is 0. The Morgan fingerprint density at radius 1 is 1.10 bits per heavy atom. The van der Waals surface area contributed by atoms with Crippen molar-refractivity contribution in [3.8, 4) is 0 Å². The van der Waals surface area contributed by atoms with Crippen LogP contribution in [0.25, 0.3) is 0 Å². The largest absolute Gasteiger partial charge is 0.465 e. The maximum absolute atomic E-state index is 12.5. The van der Waals surface area contributed by atoms with Crippen molar-refractivity contribution < 1.29 is 23.5 Å². The third-order valence-electron chi connectivity index (χ3n) is 4.04. The number of nitrogens with zero attached hydrogens (tertiary/aromatic N) is 4. The maximum atomic E-state index is 12.5. The van der Waals surface area contributed by atoms with Gasteiger partial charge in [0.25, 0.3) is 5.56 Å². The lowest BCUT2D eigenvalue weighted by Crippen LogP contribution is -2.21. The van der Waals surface area contributed by atoms with Gasteiger partial charge in [-0.1, -0.05) is 6.07 Å². The van der Waals surface area contributed by atoms with E-state index in [2.05, 4.69) is 15.2 Å². The van der Waals surface area contributed by atoms with E-state index < -0.39 is 17.9 Å². The zero-order chi connectivity index (χ0) is 21.5. The molecule has 0 amide bonds. The first kappa shape index (κ1) is 20.9. The van der Waals surface area contributed by atoms with Crippen molar-refractivity contribution in [2.75, 3.05) is 13.2 Å². The van der Waals surface area contributed by atoms with Gasteiger partial charge in [-0.25, -0.2) is 9.78 Å². The second kappa shape index (κ2) is 9.59. The van der Waals surface area contributed by atoms with Crippen LogP contribution in [0.3, 0.4) is 0 Å². The Balaban J connectivity index is 1.87. The molecule has 0 aromatic carbocycles. The number of esters is 2. The Labute approximate surface area is 171 Å². The topological polar surface area (TPSA) is 126 Å². The molecule has 156 valence electrons. The molecule has 30 heavy (non-hydrogen) atoms. The molecule has 1 atom stereocenters. The van der Waals surface area contributed by atoms with Crippen LogP contribution < -0.4 is 5.56 Å². The van der Waals surface area contributed by atoms with Gasteiger partial charge >= 0.3 is 11.9 Å². The van der Waals surface area contributed by atoms with Crippen LogP contribution in [0.1, 0.15) is 47.6 Å². The molecule has 0 aliphatic carbocycles. The van der Waals surface area contributed by atoms with Crippen LogP contribution in [0.2, 0.25) is 0 Å². The number of hydrogen-bond acceptors (Lipinski definition) is 9. The molecule has 0 N–H and O–H groups in total. The van der Waals surface area contributed by atoms with Crippen LogP contribution in [-0.4, -0.2) is 44.9 Å². The first-order chi connectivity index (χ1) is 14.5. The summed E-state index contributed by atoms with van der Waals surface area (Å²) in [5.74, 6) is -2.62. The van der Waals surface area contributed by atoms with Gasteiger partial charge in [-0.3, -0.25) is 9.59 Å². The Kier molecular flexibility index (Phi) is 6.68. The smallest absolute Gasteiger partial charge is 0.375 e. The minimum absolute atomic E-state index is 0.0576. The monoisotopic (exact) mass is 412 g/mol. The summed E-state index contributed by atoms with van der Waals surface area (Å²) in [6, 6.07) is 8.06. The van der Waals surface area contributed by atoms with Crippen LogP contribution >= 0.6 is 0 Å². The molecular weight excluding hydrogens is 392 g/mol. The average molecular weight is 412 g/mol. The zero-order valence-corrected chi connectivity index (χ0v) is 16.5. The Morgan fingerprint density at radius 3 is 2.57 bits per heavy atom. The van der Waals surface area contributed by atoms with Gasteiger partial charge in [0.05, 0.1) is 37.3 Å². The van der Waals surface area contributed by atoms with Crippen molar-refractivity contribution in [2.45, 2.75) is 26.3 Å². The van der Waals surface area contributed by atoms with Crippen LogP contribution in [-0.2, 0) is 20.8 Å². The lowest BCUT2D eigenvalue weighted by molar-refractivity contribution is -0.144. The summed E-state index contributed by atoms with van der Waals surface area (Å²) < 4.78 is 16.9. The fourth-order valence-corrected chi connectivity index (χ4v) is 2.67. The summed E-state index contributed by atoms with van der Waals surface area (Å²) in [4.78, 5) is 40.2. The van der Waals surface area contributed by atoms with Gasteiger partial charge in [0.1, 0.15) is 0 Å². The average Bonchev–Trinajstić information content (AvgIpc) is 3.21. The van der Waals surface area contributed by atoms with E-state index in [-0.39, 0.29) is 42.7 Å². The second-order valence-corrected chi connectivity index (χ2v) is 6.08. The first-order valence-electron chi connectivity index (χ1n) is 9.31. The fourth-order valence-electron chi connectivity index (χ4n) is 2.67. The molecule has 3 aromatic heterocycles. The number of pyridine rings is 1. The highest BCUT2D eigenvalue weighted by molar-refractivity contribution is 5.86. The zero-order valence-electron chi connectivity index (χ0n) is 16.5. The number of carbonyl (C=O) groups excluding carboxylic acids is 2. The highest BCUT2D eigenvalue weighted by Gasteiger charge is 2.32. The van der Waals surface area contributed by atoms with Gasteiger partial charge in [0.15, 0.2) is 5.92 Å². The lowest BCUT2D eigenvalue weighted by Gasteiger charge is -2.12. The standard InChI is InChI=1S/C20H20N4O6/c1-3-28-19(26)15-11-21-18(30-15)17(20(27)29-4-2)14-9-8-13(22-23-14)12-24-10-6-5-7-16(24)25/h5-11,17H,3-4,12H2,1-2H3. The summed E-state index contributed by atoms with van der Waals surface area (Å²) in [5.41, 5.74) is 0.586. The Hall–Kier alpha value is -3.82. The predicted octanol–water partition coefficient (Wildman–Crippen LogP) is 1.55. The number of hydrogen-bond donors (Lipinski definition) is 0. The molecule has 10 heteroatoms. The Bertz CT molecular complexity index is 1070. The van der Waals surface area contributed by atoms with Crippen molar-refractivity contribution in [1.82, 2.24) is 19.7 Å².